The minimum Gasteiger partial charge on any atom is -0.371 e. The lowest BCUT2D eigenvalue weighted by Crippen LogP contribution is -2.37. The predicted molar refractivity (Wildman–Crippen MR) is 62.7 cm³/mol. The second-order valence-electron chi connectivity index (χ2n) is 3.42. The Kier molecular flexibility index (Phi) is 4.38. The van der Waals surface area contributed by atoms with Crippen LogP contribution in [0, 0.1) is 10.1 Å². The zero-order valence-corrected chi connectivity index (χ0v) is 9.64. The van der Waals surface area contributed by atoms with Crippen molar-refractivity contribution in [3.63, 3.8) is 0 Å². The van der Waals surface area contributed by atoms with Crippen LogP contribution in [0.2, 0.25) is 0 Å². The molecule has 1 rings (SSSR count). The molecule has 7 nitrogen and oxygen atoms in total. The number of hydrogen-bond donors (Lipinski definition) is 2. The molecule has 1 atom stereocenters. The summed E-state index contributed by atoms with van der Waals surface area (Å²) in [7, 11) is 0. The Hall–Kier alpha value is -2.18. The molecule has 1 amide bonds. The van der Waals surface area contributed by atoms with Crippen molar-refractivity contribution in [3.8, 4) is 0 Å². The first-order valence-corrected chi connectivity index (χ1v) is 5.19. The van der Waals surface area contributed by atoms with E-state index in [1.807, 2.05) is 6.92 Å². The van der Waals surface area contributed by atoms with Crippen LogP contribution in [-0.2, 0) is 4.79 Å². The highest BCUT2D eigenvalue weighted by Crippen LogP contribution is 2.12. The highest BCUT2D eigenvalue weighted by molar-refractivity contribution is 5.84. The SMILES string of the molecule is CCNC(=O)C(C)Nc1ccc([N+](=O)[O-])nc1. The minimum absolute atomic E-state index is 0.133. The zero-order chi connectivity index (χ0) is 12.8. The van der Waals surface area contributed by atoms with E-state index in [0.29, 0.717) is 12.2 Å². The summed E-state index contributed by atoms with van der Waals surface area (Å²) in [5, 5.41) is 15.9. The fourth-order valence-corrected chi connectivity index (χ4v) is 1.22. The van der Waals surface area contributed by atoms with Crippen LogP contribution >= 0.6 is 0 Å². The molecule has 0 aliphatic carbocycles. The van der Waals surface area contributed by atoms with Crippen LogP contribution in [0.4, 0.5) is 11.5 Å². The van der Waals surface area contributed by atoms with Gasteiger partial charge in [-0.3, -0.25) is 4.79 Å². The van der Waals surface area contributed by atoms with E-state index in [1.54, 1.807) is 6.92 Å². The van der Waals surface area contributed by atoms with Gasteiger partial charge in [0.15, 0.2) is 6.20 Å². The van der Waals surface area contributed by atoms with E-state index in [2.05, 4.69) is 15.6 Å². The van der Waals surface area contributed by atoms with Gasteiger partial charge in [-0.15, -0.1) is 0 Å². The Labute approximate surface area is 98.4 Å². The predicted octanol–water partition coefficient (Wildman–Crippen LogP) is 0.926. The lowest BCUT2D eigenvalue weighted by molar-refractivity contribution is -0.389. The van der Waals surface area contributed by atoms with Gasteiger partial charge in [0.2, 0.25) is 5.91 Å². The quantitative estimate of drug-likeness (QED) is 0.587. The van der Waals surface area contributed by atoms with Gasteiger partial charge >= 0.3 is 5.82 Å². The largest absolute Gasteiger partial charge is 0.371 e. The smallest absolute Gasteiger partial charge is 0.363 e. The molecule has 1 aromatic heterocycles. The molecule has 17 heavy (non-hydrogen) atoms. The number of pyridine rings is 1. The summed E-state index contributed by atoms with van der Waals surface area (Å²) in [6.07, 6.45) is 1.33. The Morgan fingerprint density at radius 1 is 1.59 bits per heavy atom. The van der Waals surface area contributed by atoms with Gasteiger partial charge in [0.1, 0.15) is 6.04 Å². The maximum Gasteiger partial charge on any atom is 0.363 e. The minimum atomic E-state index is -0.572. The van der Waals surface area contributed by atoms with Crippen LogP contribution in [0.15, 0.2) is 18.3 Å². The maximum absolute atomic E-state index is 11.4. The van der Waals surface area contributed by atoms with Gasteiger partial charge in [-0.1, -0.05) is 0 Å². The van der Waals surface area contributed by atoms with Gasteiger partial charge < -0.3 is 20.7 Å². The standard InChI is InChI=1S/C10H14N4O3/c1-3-11-10(15)7(2)13-8-4-5-9(12-6-8)14(16)17/h4-7,13H,3H2,1-2H3,(H,11,15). The van der Waals surface area contributed by atoms with Crippen LogP contribution in [0.5, 0.6) is 0 Å². The lowest BCUT2D eigenvalue weighted by atomic mass is 10.3. The molecular weight excluding hydrogens is 224 g/mol. The molecule has 0 fully saturated rings. The molecular formula is C10H14N4O3. The summed E-state index contributed by atoms with van der Waals surface area (Å²) in [5.41, 5.74) is 0.564. The number of amides is 1. The molecule has 1 unspecified atom stereocenters. The van der Waals surface area contributed by atoms with Crippen LogP contribution in [-0.4, -0.2) is 28.4 Å². The molecule has 0 aliphatic heterocycles. The van der Waals surface area contributed by atoms with Crippen molar-refractivity contribution in [2.24, 2.45) is 0 Å². The topological polar surface area (TPSA) is 97.2 Å². The van der Waals surface area contributed by atoms with Crippen LogP contribution in [0.3, 0.4) is 0 Å². The second kappa shape index (κ2) is 5.78. The summed E-state index contributed by atoms with van der Waals surface area (Å²) in [6.45, 7) is 4.09. The molecule has 0 bridgehead atoms. The van der Waals surface area contributed by atoms with Crippen molar-refractivity contribution in [3.05, 3.63) is 28.4 Å². The number of rotatable bonds is 5. The van der Waals surface area contributed by atoms with Gasteiger partial charge in [0.05, 0.1) is 5.69 Å². The van der Waals surface area contributed by atoms with Gasteiger partial charge in [0, 0.05) is 12.6 Å². The maximum atomic E-state index is 11.4. The highest BCUT2D eigenvalue weighted by Gasteiger charge is 2.13. The van der Waals surface area contributed by atoms with Crippen molar-refractivity contribution in [1.29, 1.82) is 0 Å². The summed E-state index contributed by atoms with van der Waals surface area (Å²) in [6, 6.07) is 2.38. The number of carbonyl (C=O) groups excluding carboxylic acids is 1. The molecule has 0 radical (unpaired) electrons. The fourth-order valence-electron chi connectivity index (χ4n) is 1.22. The van der Waals surface area contributed by atoms with Crippen LogP contribution in [0.25, 0.3) is 0 Å². The number of hydrogen-bond acceptors (Lipinski definition) is 5. The lowest BCUT2D eigenvalue weighted by Gasteiger charge is -2.13. The van der Waals surface area contributed by atoms with Crippen molar-refractivity contribution in [2.75, 3.05) is 11.9 Å². The van der Waals surface area contributed by atoms with E-state index in [0.717, 1.165) is 0 Å². The average molecular weight is 238 g/mol. The van der Waals surface area contributed by atoms with Crippen LogP contribution < -0.4 is 10.6 Å². The number of likely N-dealkylation sites (N-methyl/N-ethyl adjacent to an activating group) is 1. The van der Waals surface area contributed by atoms with E-state index >= 15 is 0 Å². The monoisotopic (exact) mass is 238 g/mol. The number of aromatic nitrogens is 1. The average Bonchev–Trinajstić information content (AvgIpc) is 2.30. The highest BCUT2D eigenvalue weighted by atomic mass is 16.6. The van der Waals surface area contributed by atoms with Crippen molar-refractivity contribution in [1.82, 2.24) is 10.3 Å². The summed E-state index contributed by atoms with van der Waals surface area (Å²) < 4.78 is 0. The fraction of sp³-hybridized carbons (Fsp3) is 0.400. The summed E-state index contributed by atoms with van der Waals surface area (Å²) in [5.74, 6) is -0.355. The van der Waals surface area contributed by atoms with Gasteiger partial charge in [-0.25, -0.2) is 0 Å². The Morgan fingerprint density at radius 3 is 2.76 bits per heavy atom. The molecule has 0 spiro atoms. The number of anilines is 1. The number of nitrogens with zero attached hydrogens (tertiary/aromatic N) is 2. The van der Waals surface area contributed by atoms with E-state index in [9.17, 15) is 14.9 Å². The molecule has 7 heteroatoms. The molecule has 1 aromatic rings. The van der Waals surface area contributed by atoms with E-state index in [-0.39, 0.29) is 11.7 Å². The summed E-state index contributed by atoms with van der Waals surface area (Å²) >= 11 is 0. The normalized spacial score (nSPS) is 11.6. The Morgan fingerprint density at radius 2 is 2.29 bits per heavy atom. The molecule has 1 heterocycles. The molecule has 92 valence electrons. The molecule has 0 aliphatic rings. The first kappa shape index (κ1) is 12.9. The van der Waals surface area contributed by atoms with Gasteiger partial charge in [-0.2, -0.15) is 0 Å². The van der Waals surface area contributed by atoms with Crippen LogP contribution in [0.1, 0.15) is 13.8 Å². The Balaban J connectivity index is 2.63. The second-order valence-corrected chi connectivity index (χ2v) is 3.42. The molecule has 0 saturated heterocycles. The Bertz CT molecular complexity index is 405. The van der Waals surface area contributed by atoms with E-state index < -0.39 is 11.0 Å². The zero-order valence-electron chi connectivity index (χ0n) is 9.64. The third-order valence-corrected chi connectivity index (χ3v) is 2.06. The van der Waals surface area contributed by atoms with Crippen molar-refractivity contribution >= 4 is 17.4 Å². The third-order valence-electron chi connectivity index (χ3n) is 2.06. The molecule has 0 saturated carbocycles. The molecule has 2 N–H and O–H groups in total. The third kappa shape index (κ3) is 3.71. The number of nitro groups is 1. The van der Waals surface area contributed by atoms with E-state index in [4.69, 9.17) is 0 Å². The number of carbonyl (C=O) groups is 1. The number of nitrogens with one attached hydrogen (secondary N) is 2. The first-order chi connectivity index (χ1) is 8.04. The van der Waals surface area contributed by atoms with Gasteiger partial charge in [-0.05, 0) is 29.8 Å². The van der Waals surface area contributed by atoms with Gasteiger partial charge in [0.25, 0.3) is 0 Å². The van der Waals surface area contributed by atoms with E-state index in [1.165, 1.54) is 18.3 Å². The van der Waals surface area contributed by atoms with Crippen molar-refractivity contribution in [2.45, 2.75) is 19.9 Å². The molecule has 0 aromatic carbocycles. The first-order valence-electron chi connectivity index (χ1n) is 5.19. The summed E-state index contributed by atoms with van der Waals surface area (Å²) in [4.78, 5) is 24.9. The van der Waals surface area contributed by atoms with Crippen molar-refractivity contribution < 1.29 is 9.72 Å².